The number of nitrogens with zero attached hydrogens (tertiary/aromatic N) is 1. The first-order valence-electron chi connectivity index (χ1n) is 8.17. The zero-order valence-corrected chi connectivity index (χ0v) is 15.5. The summed E-state index contributed by atoms with van der Waals surface area (Å²) in [5, 5.41) is 13.4. The highest BCUT2D eigenvalue weighted by Gasteiger charge is 2.15. The Bertz CT molecular complexity index is 877. The van der Waals surface area contributed by atoms with Crippen LogP contribution in [-0.2, 0) is 11.3 Å². The molecule has 0 aliphatic rings. The van der Waals surface area contributed by atoms with E-state index in [-0.39, 0.29) is 35.2 Å². The van der Waals surface area contributed by atoms with Crippen LogP contribution in [0.25, 0.3) is 0 Å². The van der Waals surface area contributed by atoms with Gasteiger partial charge in [0.05, 0.1) is 25.2 Å². The van der Waals surface area contributed by atoms with Gasteiger partial charge in [-0.15, -0.1) is 0 Å². The van der Waals surface area contributed by atoms with Gasteiger partial charge in [0.2, 0.25) is 0 Å². The lowest BCUT2D eigenvalue weighted by Crippen LogP contribution is -2.28. The monoisotopic (exact) mass is 412 g/mol. The first-order valence-corrected chi connectivity index (χ1v) is 8.17. The van der Waals surface area contributed by atoms with Gasteiger partial charge in [-0.1, -0.05) is 6.07 Å². The third kappa shape index (κ3) is 6.19. The molecule has 2 aromatic rings. The number of carbonyl (C=O) groups excluding carboxylic acids is 1. The van der Waals surface area contributed by atoms with Gasteiger partial charge in [0, 0.05) is 12.6 Å². The van der Waals surface area contributed by atoms with E-state index < -0.39 is 24.0 Å². The van der Waals surface area contributed by atoms with E-state index >= 15 is 0 Å². The highest BCUT2D eigenvalue weighted by molar-refractivity contribution is 5.77. The van der Waals surface area contributed by atoms with Crippen molar-refractivity contribution in [3.63, 3.8) is 0 Å². The zero-order chi connectivity index (χ0) is 21.4. The smallest absolute Gasteiger partial charge is 0.387 e. The van der Waals surface area contributed by atoms with Gasteiger partial charge in [0.1, 0.15) is 0 Å². The molecule has 0 heterocycles. The fraction of sp³-hybridized carbons (Fsp3) is 0.278. The zero-order valence-electron chi connectivity index (χ0n) is 15.5. The van der Waals surface area contributed by atoms with Crippen LogP contribution in [-0.4, -0.2) is 38.3 Å². The lowest BCUT2D eigenvalue weighted by Gasteiger charge is -2.13. The highest BCUT2D eigenvalue weighted by atomic mass is 19.3. The summed E-state index contributed by atoms with van der Waals surface area (Å²) in [6.45, 7) is -3.33. The van der Waals surface area contributed by atoms with E-state index in [1.54, 1.807) is 0 Å². The van der Waals surface area contributed by atoms with Gasteiger partial charge in [-0.05, 0) is 23.8 Å². The number of carbonyl (C=O) groups is 1. The number of nitrogens with one attached hydrogen (secondary N) is 1. The number of hydrogen-bond donors (Lipinski definition) is 1. The largest absolute Gasteiger partial charge is 0.493 e. The van der Waals surface area contributed by atoms with Crippen LogP contribution in [0.5, 0.6) is 23.0 Å². The third-order valence-electron chi connectivity index (χ3n) is 3.65. The van der Waals surface area contributed by atoms with Crippen LogP contribution in [0.15, 0.2) is 36.4 Å². The molecule has 2 aromatic carbocycles. The van der Waals surface area contributed by atoms with Crippen molar-refractivity contribution in [3.05, 3.63) is 52.1 Å². The molecule has 0 aromatic heterocycles. The van der Waals surface area contributed by atoms with Crippen molar-refractivity contribution in [2.75, 3.05) is 20.8 Å². The molecule has 156 valence electrons. The lowest BCUT2D eigenvalue weighted by atomic mass is 10.2. The summed E-state index contributed by atoms with van der Waals surface area (Å²) >= 11 is 0. The van der Waals surface area contributed by atoms with Gasteiger partial charge in [0.25, 0.3) is 11.6 Å². The quantitative estimate of drug-likeness (QED) is 0.472. The van der Waals surface area contributed by atoms with Crippen molar-refractivity contribution < 1.29 is 37.4 Å². The molecule has 0 unspecified atom stereocenters. The van der Waals surface area contributed by atoms with Crippen LogP contribution in [0, 0.1) is 10.1 Å². The maximum atomic E-state index is 12.3. The Morgan fingerprint density at radius 3 is 2.38 bits per heavy atom. The van der Waals surface area contributed by atoms with E-state index in [1.165, 1.54) is 44.6 Å². The number of benzene rings is 2. The second-order valence-electron chi connectivity index (χ2n) is 5.52. The minimum atomic E-state index is -2.99. The van der Waals surface area contributed by atoms with E-state index in [0.717, 1.165) is 6.07 Å². The predicted octanol–water partition coefficient (Wildman–Crippen LogP) is 2.91. The SMILES string of the molecule is COc1ccc([N+](=O)[O-])cc1OCC(=O)NCc1ccc(OC(F)F)c(OC)c1. The summed E-state index contributed by atoms with van der Waals surface area (Å²) in [5.74, 6) is -0.256. The minimum absolute atomic E-state index is 0.0482. The molecule has 0 aliphatic carbocycles. The van der Waals surface area contributed by atoms with E-state index in [9.17, 15) is 23.7 Å². The Labute approximate surface area is 164 Å². The molecule has 0 spiro atoms. The number of non-ortho nitro benzene ring substituents is 1. The highest BCUT2D eigenvalue weighted by Crippen LogP contribution is 2.31. The molecule has 0 saturated carbocycles. The molecular weight excluding hydrogens is 394 g/mol. The molecule has 1 N–H and O–H groups in total. The van der Waals surface area contributed by atoms with Gasteiger partial charge < -0.3 is 24.3 Å². The van der Waals surface area contributed by atoms with Crippen molar-refractivity contribution in [2.24, 2.45) is 0 Å². The van der Waals surface area contributed by atoms with E-state index in [4.69, 9.17) is 14.2 Å². The van der Waals surface area contributed by atoms with Crippen molar-refractivity contribution in [1.82, 2.24) is 5.32 Å². The van der Waals surface area contributed by atoms with Gasteiger partial charge in [-0.2, -0.15) is 8.78 Å². The number of halogens is 2. The fourth-order valence-electron chi connectivity index (χ4n) is 2.30. The molecule has 0 radical (unpaired) electrons. The Morgan fingerprint density at radius 2 is 1.76 bits per heavy atom. The fourth-order valence-corrected chi connectivity index (χ4v) is 2.30. The number of nitro groups is 1. The summed E-state index contributed by atoms with van der Waals surface area (Å²) in [6.07, 6.45) is 0. The van der Waals surface area contributed by atoms with Crippen LogP contribution in [0.2, 0.25) is 0 Å². The van der Waals surface area contributed by atoms with Crippen molar-refractivity contribution in [1.29, 1.82) is 0 Å². The molecule has 1 amide bonds. The normalized spacial score (nSPS) is 10.4. The molecule has 0 atom stereocenters. The van der Waals surface area contributed by atoms with E-state index in [2.05, 4.69) is 10.1 Å². The van der Waals surface area contributed by atoms with E-state index in [1.807, 2.05) is 0 Å². The number of rotatable bonds is 10. The second kappa shape index (κ2) is 10.1. The number of amides is 1. The van der Waals surface area contributed by atoms with Crippen molar-refractivity contribution in [2.45, 2.75) is 13.2 Å². The third-order valence-corrected chi connectivity index (χ3v) is 3.65. The number of alkyl halides is 2. The van der Waals surface area contributed by atoms with Gasteiger partial charge in [-0.3, -0.25) is 14.9 Å². The van der Waals surface area contributed by atoms with Crippen LogP contribution < -0.4 is 24.3 Å². The van der Waals surface area contributed by atoms with Crippen LogP contribution in [0.1, 0.15) is 5.56 Å². The molecule has 0 aliphatic heterocycles. The van der Waals surface area contributed by atoms with Crippen molar-refractivity contribution >= 4 is 11.6 Å². The number of methoxy groups -OCH3 is 2. The molecule has 2 rings (SSSR count). The average molecular weight is 412 g/mol. The molecular formula is C18H18F2N2O7. The van der Waals surface area contributed by atoms with Gasteiger partial charge in [0.15, 0.2) is 29.6 Å². The first-order chi connectivity index (χ1) is 13.8. The van der Waals surface area contributed by atoms with Gasteiger partial charge in [-0.25, -0.2) is 0 Å². The topological polar surface area (TPSA) is 109 Å². The van der Waals surface area contributed by atoms with Gasteiger partial charge >= 0.3 is 6.61 Å². The maximum absolute atomic E-state index is 12.3. The Kier molecular flexibility index (Phi) is 7.52. The number of nitro benzene ring substituents is 1. The summed E-state index contributed by atoms with van der Waals surface area (Å²) < 4.78 is 44.4. The second-order valence-corrected chi connectivity index (χ2v) is 5.52. The predicted molar refractivity (Wildman–Crippen MR) is 96.6 cm³/mol. The van der Waals surface area contributed by atoms with Crippen LogP contribution in [0.3, 0.4) is 0 Å². The summed E-state index contributed by atoms with van der Waals surface area (Å²) in [4.78, 5) is 22.3. The standard InChI is InChI=1S/C18H18F2N2O7/c1-26-13-6-4-12(22(24)25)8-16(13)28-10-17(23)21-9-11-3-5-14(29-18(19)20)15(7-11)27-2/h3-8,18H,9-10H2,1-2H3,(H,21,23). The van der Waals surface area contributed by atoms with Crippen LogP contribution in [0.4, 0.5) is 14.5 Å². The summed E-state index contributed by atoms with van der Waals surface area (Å²) in [7, 11) is 2.67. The molecule has 29 heavy (non-hydrogen) atoms. The lowest BCUT2D eigenvalue weighted by molar-refractivity contribution is -0.385. The number of ether oxygens (including phenoxy) is 4. The molecule has 11 heteroatoms. The summed E-state index contributed by atoms with van der Waals surface area (Å²) in [6, 6.07) is 8.00. The molecule has 0 bridgehead atoms. The first kappa shape index (κ1) is 21.7. The van der Waals surface area contributed by atoms with Crippen LogP contribution >= 0.6 is 0 Å². The maximum Gasteiger partial charge on any atom is 0.387 e. The van der Waals surface area contributed by atoms with Crippen molar-refractivity contribution in [3.8, 4) is 23.0 Å². The van der Waals surface area contributed by atoms with E-state index in [0.29, 0.717) is 5.56 Å². The Morgan fingerprint density at radius 1 is 1.07 bits per heavy atom. The minimum Gasteiger partial charge on any atom is -0.493 e. The average Bonchev–Trinajstić information content (AvgIpc) is 2.70. The Balaban J connectivity index is 1.95. The summed E-state index contributed by atoms with van der Waals surface area (Å²) in [5.41, 5.74) is 0.365. The molecule has 9 nitrogen and oxygen atoms in total. The number of hydrogen-bond acceptors (Lipinski definition) is 7. The molecule has 0 saturated heterocycles. The molecule has 0 fully saturated rings. The Hall–Kier alpha value is -3.63.